The van der Waals surface area contributed by atoms with Crippen molar-refractivity contribution in [1.82, 2.24) is 0 Å². The molecule has 8 nitrogen and oxygen atoms in total. The van der Waals surface area contributed by atoms with Crippen LogP contribution in [0.25, 0.3) is 21.9 Å². The number of benzene rings is 2. The van der Waals surface area contributed by atoms with Gasteiger partial charge in [-0.05, 0) is 57.9 Å². The van der Waals surface area contributed by atoms with Crippen LogP contribution < -0.4 is 20.5 Å². The third kappa shape index (κ3) is 5.86. The summed E-state index contributed by atoms with van der Waals surface area (Å²) in [6, 6.07) is 9.01. The molecule has 8 heteroatoms. The molecule has 0 unspecified atom stereocenters. The summed E-state index contributed by atoms with van der Waals surface area (Å²) in [5.41, 5.74) is 2.96. The SMILES string of the molecule is CC(C)=CCOc1cc2oc(=O)ccc2cc1O.CC1=CCc2c(cc3oc(C)cc(=O)c3c2O)OC1. The quantitative estimate of drug-likeness (QED) is 0.276. The Morgan fingerprint density at radius 1 is 1.03 bits per heavy atom. The van der Waals surface area contributed by atoms with Gasteiger partial charge in [-0.25, -0.2) is 4.79 Å². The first-order valence-electron chi connectivity index (χ1n) is 11.7. The Labute approximate surface area is 212 Å². The van der Waals surface area contributed by atoms with Crippen LogP contribution in [-0.4, -0.2) is 23.4 Å². The fraction of sp³-hybridized carbons (Fsp3) is 0.241. The Balaban J connectivity index is 0.000000173. The van der Waals surface area contributed by atoms with Crippen LogP contribution in [0.4, 0.5) is 0 Å². The van der Waals surface area contributed by atoms with E-state index in [0.29, 0.717) is 59.0 Å². The van der Waals surface area contributed by atoms with Gasteiger partial charge in [-0.2, -0.15) is 0 Å². The maximum Gasteiger partial charge on any atom is 0.336 e. The number of ether oxygens (including phenoxy) is 2. The van der Waals surface area contributed by atoms with E-state index in [1.54, 1.807) is 19.1 Å². The van der Waals surface area contributed by atoms with Crippen molar-refractivity contribution in [1.29, 1.82) is 0 Å². The lowest BCUT2D eigenvalue weighted by Gasteiger charge is -2.11. The molecule has 2 aromatic carbocycles. The Morgan fingerprint density at radius 3 is 2.57 bits per heavy atom. The molecule has 2 N–H and O–H groups in total. The number of hydrogen-bond acceptors (Lipinski definition) is 8. The lowest BCUT2D eigenvalue weighted by molar-refractivity contribution is 0.335. The number of aromatic hydroxyl groups is 2. The van der Waals surface area contributed by atoms with Gasteiger partial charge >= 0.3 is 5.63 Å². The molecule has 0 saturated heterocycles. The van der Waals surface area contributed by atoms with Crippen molar-refractivity contribution in [2.45, 2.75) is 34.1 Å². The van der Waals surface area contributed by atoms with E-state index in [1.807, 2.05) is 32.9 Å². The van der Waals surface area contributed by atoms with Crippen LogP contribution in [0.15, 0.2) is 78.1 Å². The highest BCUT2D eigenvalue weighted by atomic mass is 16.5. The van der Waals surface area contributed by atoms with Gasteiger partial charge < -0.3 is 28.5 Å². The standard InChI is InChI=1S/C15H14O4.C14H14O4/c1-8-3-4-10-12(18-7-8)6-13-14(15(10)17)11(16)5-9(2)19-13;1-9(2)5-6-17-13-8-12-10(7-11(13)15)3-4-14(16)18-12/h3,5-6,17H,4,7H2,1-2H3;3-5,7-8,15H,6H2,1-2H3. The van der Waals surface area contributed by atoms with E-state index in [-0.39, 0.29) is 22.3 Å². The lowest BCUT2D eigenvalue weighted by Crippen LogP contribution is -2.04. The number of fused-ring (bicyclic) bond motifs is 3. The van der Waals surface area contributed by atoms with Crippen molar-refractivity contribution in [3.63, 3.8) is 0 Å². The van der Waals surface area contributed by atoms with E-state index >= 15 is 0 Å². The van der Waals surface area contributed by atoms with Crippen molar-refractivity contribution in [2.24, 2.45) is 0 Å². The summed E-state index contributed by atoms with van der Waals surface area (Å²) in [7, 11) is 0. The molecule has 0 saturated carbocycles. The van der Waals surface area contributed by atoms with Crippen LogP contribution in [0.5, 0.6) is 23.0 Å². The van der Waals surface area contributed by atoms with Gasteiger partial charge in [0.05, 0.1) is 0 Å². The molecule has 192 valence electrons. The molecule has 1 aliphatic rings. The summed E-state index contributed by atoms with van der Waals surface area (Å²) in [6.45, 7) is 8.43. The number of allylic oxidation sites excluding steroid dienone is 2. The second-order valence-electron chi connectivity index (χ2n) is 9.04. The molecule has 0 aliphatic carbocycles. The number of hydrogen-bond donors (Lipinski definition) is 2. The monoisotopic (exact) mass is 504 g/mol. The Hall–Kier alpha value is -4.46. The summed E-state index contributed by atoms with van der Waals surface area (Å²) in [5, 5.41) is 21.0. The third-order valence-electron chi connectivity index (χ3n) is 5.72. The fourth-order valence-electron chi connectivity index (χ4n) is 3.79. The summed E-state index contributed by atoms with van der Waals surface area (Å²) < 4.78 is 21.6. The predicted molar refractivity (Wildman–Crippen MR) is 141 cm³/mol. The van der Waals surface area contributed by atoms with E-state index in [2.05, 4.69) is 0 Å². The molecular weight excluding hydrogens is 476 g/mol. The van der Waals surface area contributed by atoms with Crippen LogP contribution >= 0.6 is 0 Å². The Morgan fingerprint density at radius 2 is 1.81 bits per heavy atom. The van der Waals surface area contributed by atoms with Gasteiger partial charge in [-0.15, -0.1) is 0 Å². The summed E-state index contributed by atoms with van der Waals surface area (Å²) in [5.74, 6) is 1.38. The number of phenols is 2. The van der Waals surface area contributed by atoms with Crippen molar-refractivity contribution >= 4 is 21.9 Å². The number of rotatable bonds is 3. The molecule has 2 aromatic heterocycles. The van der Waals surface area contributed by atoms with Crippen molar-refractivity contribution < 1.29 is 28.5 Å². The fourth-order valence-corrected chi connectivity index (χ4v) is 3.79. The topological polar surface area (TPSA) is 119 Å². The predicted octanol–water partition coefficient (Wildman–Crippen LogP) is 5.53. The average Bonchev–Trinajstić information content (AvgIpc) is 3.01. The maximum atomic E-state index is 12.0. The minimum absolute atomic E-state index is 0.0264. The molecular formula is C29H28O8. The van der Waals surface area contributed by atoms with E-state index in [4.69, 9.17) is 18.3 Å². The highest BCUT2D eigenvalue weighted by molar-refractivity contribution is 5.87. The zero-order valence-electron chi connectivity index (χ0n) is 21.1. The van der Waals surface area contributed by atoms with Crippen LogP contribution in [0.1, 0.15) is 32.1 Å². The minimum Gasteiger partial charge on any atom is -0.507 e. The Bertz CT molecular complexity index is 1650. The van der Waals surface area contributed by atoms with Gasteiger partial charge in [0.2, 0.25) is 0 Å². The molecule has 0 fully saturated rings. The summed E-state index contributed by atoms with van der Waals surface area (Å²) >= 11 is 0. The van der Waals surface area contributed by atoms with Gasteiger partial charge in [-0.1, -0.05) is 11.6 Å². The molecule has 0 bridgehead atoms. The van der Waals surface area contributed by atoms with Crippen LogP contribution in [0.2, 0.25) is 0 Å². The second kappa shape index (κ2) is 10.7. The molecule has 4 aromatic rings. The van der Waals surface area contributed by atoms with Gasteiger partial charge in [-0.3, -0.25) is 4.79 Å². The number of aryl methyl sites for hydroxylation is 1. The van der Waals surface area contributed by atoms with E-state index < -0.39 is 5.63 Å². The van der Waals surface area contributed by atoms with Crippen molar-refractivity contribution in [3.8, 4) is 23.0 Å². The van der Waals surface area contributed by atoms with Gasteiger partial charge in [0.1, 0.15) is 47.0 Å². The number of phenolic OH excluding ortho intramolecular Hbond substituents is 2. The highest BCUT2D eigenvalue weighted by Crippen LogP contribution is 2.37. The third-order valence-corrected chi connectivity index (χ3v) is 5.72. The van der Waals surface area contributed by atoms with Crippen LogP contribution in [0, 0.1) is 6.92 Å². The van der Waals surface area contributed by atoms with E-state index in [0.717, 1.165) is 11.1 Å². The maximum absolute atomic E-state index is 12.0. The lowest BCUT2D eigenvalue weighted by atomic mass is 10.0. The first-order valence-corrected chi connectivity index (χ1v) is 11.7. The minimum atomic E-state index is -0.427. The van der Waals surface area contributed by atoms with Gasteiger partial charge in [0.25, 0.3) is 0 Å². The van der Waals surface area contributed by atoms with Crippen molar-refractivity contribution in [2.75, 3.05) is 13.2 Å². The average molecular weight is 505 g/mol. The van der Waals surface area contributed by atoms with Crippen LogP contribution in [-0.2, 0) is 6.42 Å². The second-order valence-corrected chi connectivity index (χ2v) is 9.04. The Kier molecular flexibility index (Phi) is 7.38. The summed E-state index contributed by atoms with van der Waals surface area (Å²) in [6.07, 6.45) is 4.44. The summed E-state index contributed by atoms with van der Waals surface area (Å²) in [4.78, 5) is 23.1. The molecule has 0 amide bonds. The highest BCUT2D eigenvalue weighted by Gasteiger charge is 2.19. The first-order chi connectivity index (χ1) is 17.6. The van der Waals surface area contributed by atoms with Crippen LogP contribution in [0.3, 0.4) is 0 Å². The molecule has 37 heavy (non-hydrogen) atoms. The molecule has 1 aliphatic heterocycles. The van der Waals surface area contributed by atoms with Gasteiger partial charge in [0.15, 0.2) is 16.9 Å². The zero-order chi connectivity index (χ0) is 26.7. The first kappa shape index (κ1) is 25.6. The van der Waals surface area contributed by atoms with E-state index in [1.165, 1.54) is 24.3 Å². The largest absolute Gasteiger partial charge is 0.507 e. The molecule has 5 rings (SSSR count). The van der Waals surface area contributed by atoms with Gasteiger partial charge in [0, 0.05) is 35.2 Å². The smallest absolute Gasteiger partial charge is 0.336 e. The normalized spacial score (nSPS) is 12.5. The zero-order valence-corrected chi connectivity index (χ0v) is 21.1. The molecule has 0 spiro atoms. The molecule has 0 radical (unpaired) electrons. The van der Waals surface area contributed by atoms with E-state index in [9.17, 15) is 19.8 Å². The molecule has 3 heterocycles. The van der Waals surface area contributed by atoms with Crippen molar-refractivity contribution in [3.05, 3.63) is 91.7 Å². The molecule has 0 atom stereocenters.